The maximum absolute atomic E-state index is 4.43. The first-order chi connectivity index (χ1) is 9.10. The second-order valence-electron chi connectivity index (χ2n) is 5.17. The van der Waals surface area contributed by atoms with Gasteiger partial charge >= 0.3 is 0 Å². The second-order valence-corrected chi connectivity index (χ2v) is 5.17. The van der Waals surface area contributed by atoms with Gasteiger partial charge in [0.2, 0.25) is 0 Å². The number of nitrogens with zero attached hydrogens (tertiary/aromatic N) is 2. The summed E-state index contributed by atoms with van der Waals surface area (Å²) in [7, 11) is 0. The lowest BCUT2D eigenvalue weighted by molar-refractivity contribution is 0.663. The van der Waals surface area contributed by atoms with Crippen LogP contribution in [0.5, 0.6) is 0 Å². The standard InChI is InChI=1S/C16H27N3/c1-6-8-17-11-15-12-18-14(5)10-16(15)19(9-7-2)13(3)4/h7,10,12-13,17H,2,6,8-9,11H2,1,3-5H3. The van der Waals surface area contributed by atoms with Crippen LogP contribution in [-0.4, -0.2) is 24.1 Å². The molecule has 1 heterocycles. The normalized spacial score (nSPS) is 10.8. The summed E-state index contributed by atoms with van der Waals surface area (Å²) in [6.45, 7) is 15.3. The SMILES string of the molecule is C=CCN(c1cc(C)ncc1CNCCC)C(C)C. The molecule has 1 aromatic rings. The molecule has 0 saturated carbocycles. The van der Waals surface area contributed by atoms with Crippen molar-refractivity contribution in [1.29, 1.82) is 0 Å². The molecule has 106 valence electrons. The molecule has 0 saturated heterocycles. The van der Waals surface area contributed by atoms with E-state index in [1.54, 1.807) is 0 Å². The molecule has 0 bridgehead atoms. The van der Waals surface area contributed by atoms with Crippen molar-refractivity contribution in [2.24, 2.45) is 0 Å². The fraction of sp³-hybridized carbons (Fsp3) is 0.562. The van der Waals surface area contributed by atoms with Crippen LogP contribution in [0.3, 0.4) is 0 Å². The van der Waals surface area contributed by atoms with E-state index in [0.29, 0.717) is 6.04 Å². The number of rotatable bonds is 8. The zero-order valence-corrected chi connectivity index (χ0v) is 12.7. The van der Waals surface area contributed by atoms with Gasteiger partial charge in [0.05, 0.1) is 0 Å². The van der Waals surface area contributed by atoms with Crippen LogP contribution in [-0.2, 0) is 6.54 Å². The van der Waals surface area contributed by atoms with Gasteiger partial charge in [-0.15, -0.1) is 6.58 Å². The van der Waals surface area contributed by atoms with Gasteiger partial charge in [0, 0.05) is 42.3 Å². The summed E-state index contributed by atoms with van der Waals surface area (Å²) in [5, 5.41) is 3.45. The topological polar surface area (TPSA) is 28.2 Å². The summed E-state index contributed by atoms with van der Waals surface area (Å²) in [6.07, 6.45) is 5.10. The van der Waals surface area contributed by atoms with Gasteiger partial charge in [0.1, 0.15) is 0 Å². The molecule has 0 radical (unpaired) electrons. The largest absolute Gasteiger partial charge is 0.365 e. The zero-order valence-electron chi connectivity index (χ0n) is 12.7. The average Bonchev–Trinajstić information content (AvgIpc) is 2.37. The van der Waals surface area contributed by atoms with Crippen molar-refractivity contribution in [1.82, 2.24) is 10.3 Å². The minimum atomic E-state index is 0.449. The third-order valence-corrected chi connectivity index (χ3v) is 3.10. The van der Waals surface area contributed by atoms with Gasteiger partial charge in [-0.25, -0.2) is 0 Å². The van der Waals surface area contributed by atoms with E-state index in [-0.39, 0.29) is 0 Å². The van der Waals surface area contributed by atoms with Crippen molar-refractivity contribution in [3.63, 3.8) is 0 Å². The maximum atomic E-state index is 4.43. The molecule has 0 aliphatic heterocycles. The van der Waals surface area contributed by atoms with Crippen molar-refractivity contribution < 1.29 is 0 Å². The predicted octanol–water partition coefficient (Wildman–Crippen LogP) is 3.29. The van der Waals surface area contributed by atoms with Crippen molar-refractivity contribution in [2.75, 3.05) is 18.0 Å². The van der Waals surface area contributed by atoms with Crippen LogP contribution < -0.4 is 10.2 Å². The van der Waals surface area contributed by atoms with Crippen LogP contribution >= 0.6 is 0 Å². The molecule has 0 aliphatic carbocycles. The highest BCUT2D eigenvalue weighted by atomic mass is 15.2. The molecule has 0 atom stereocenters. The predicted molar refractivity (Wildman–Crippen MR) is 83.7 cm³/mol. The van der Waals surface area contributed by atoms with Crippen LogP contribution in [0.4, 0.5) is 5.69 Å². The first-order valence-corrected chi connectivity index (χ1v) is 7.13. The van der Waals surface area contributed by atoms with E-state index in [1.807, 2.05) is 19.2 Å². The number of hydrogen-bond acceptors (Lipinski definition) is 3. The van der Waals surface area contributed by atoms with Crippen LogP contribution in [0.25, 0.3) is 0 Å². The van der Waals surface area contributed by atoms with Gasteiger partial charge < -0.3 is 10.2 Å². The van der Waals surface area contributed by atoms with Crippen LogP contribution in [0, 0.1) is 6.92 Å². The van der Waals surface area contributed by atoms with E-state index in [9.17, 15) is 0 Å². The van der Waals surface area contributed by atoms with E-state index < -0.39 is 0 Å². The van der Waals surface area contributed by atoms with E-state index in [1.165, 1.54) is 11.3 Å². The van der Waals surface area contributed by atoms with Gasteiger partial charge in [-0.3, -0.25) is 4.98 Å². The lowest BCUT2D eigenvalue weighted by Gasteiger charge is -2.30. The summed E-state index contributed by atoms with van der Waals surface area (Å²) in [5.41, 5.74) is 3.59. The van der Waals surface area contributed by atoms with Crippen LogP contribution in [0.15, 0.2) is 24.9 Å². The smallest absolute Gasteiger partial charge is 0.0450 e. The van der Waals surface area contributed by atoms with Gasteiger partial charge in [-0.1, -0.05) is 13.0 Å². The third-order valence-electron chi connectivity index (χ3n) is 3.10. The van der Waals surface area contributed by atoms with E-state index in [2.05, 4.69) is 48.6 Å². The Morgan fingerprint density at radius 2 is 2.21 bits per heavy atom. The molecular weight excluding hydrogens is 234 g/mol. The molecule has 1 rings (SSSR count). The summed E-state index contributed by atoms with van der Waals surface area (Å²) < 4.78 is 0. The molecule has 1 aromatic heterocycles. The van der Waals surface area contributed by atoms with E-state index in [0.717, 1.165) is 31.7 Å². The summed E-state index contributed by atoms with van der Waals surface area (Å²) >= 11 is 0. The Morgan fingerprint density at radius 1 is 1.47 bits per heavy atom. The molecule has 0 fully saturated rings. The Kier molecular flexibility index (Phi) is 6.57. The third kappa shape index (κ3) is 4.67. The Morgan fingerprint density at radius 3 is 2.79 bits per heavy atom. The lowest BCUT2D eigenvalue weighted by atomic mass is 10.1. The zero-order chi connectivity index (χ0) is 14.3. The molecule has 3 nitrogen and oxygen atoms in total. The quantitative estimate of drug-likeness (QED) is 0.575. The fourth-order valence-electron chi connectivity index (χ4n) is 2.10. The molecule has 0 aromatic carbocycles. The molecule has 3 heteroatoms. The highest BCUT2D eigenvalue weighted by molar-refractivity contribution is 5.54. The highest BCUT2D eigenvalue weighted by Crippen LogP contribution is 2.23. The van der Waals surface area contributed by atoms with Crippen LogP contribution in [0.2, 0.25) is 0 Å². The first-order valence-electron chi connectivity index (χ1n) is 7.13. The molecule has 0 amide bonds. The Hall–Kier alpha value is -1.35. The maximum Gasteiger partial charge on any atom is 0.0450 e. The Balaban J connectivity index is 2.99. The van der Waals surface area contributed by atoms with E-state index in [4.69, 9.17) is 0 Å². The minimum absolute atomic E-state index is 0.449. The second kappa shape index (κ2) is 7.95. The summed E-state index contributed by atoms with van der Waals surface area (Å²) in [4.78, 5) is 6.79. The summed E-state index contributed by atoms with van der Waals surface area (Å²) in [5.74, 6) is 0. The van der Waals surface area contributed by atoms with Crippen LogP contribution in [0.1, 0.15) is 38.4 Å². The fourth-order valence-corrected chi connectivity index (χ4v) is 2.10. The Labute approximate surface area is 117 Å². The molecular formula is C16H27N3. The number of aromatic nitrogens is 1. The first kappa shape index (κ1) is 15.7. The van der Waals surface area contributed by atoms with Gasteiger partial charge in [0.15, 0.2) is 0 Å². The van der Waals surface area contributed by atoms with Crippen molar-refractivity contribution in [3.8, 4) is 0 Å². The molecule has 0 unspecified atom stereocenters. The molecule has 0 aliphatic rings. The van der Waals surface area contributed by atoms with Crippen molar-refractivity contribution in [3.05, 3.63) is 36.2 Å². The number of hydrogen-bond donors (Lipinski definition) is 1. The van der Waals surface area contributed by atoms with Gasteiger partial charge in [0.25, 0.3) is 0 Å². The van der Waals surface area contributed by atoms with E-state index >= 15 is 0 Å². The number of aryl methyl sites for hydroxylation is 1. The van der Waals surface area contributed by atoms with Gasteiger partial charge in [-0.2, -0.15) is 0 Å². The van der Waals surface area contributed by atoms with Crippen molar-refractivity contribution >= 4 is 5.69 Å². The summed E-state index contributed by atoms with van der Waals surface area (Å²) in [6, 6.07) is 2.62. The Bertz CT molecular complexity index is 399. The number of pyridine rings is 1. The minimum Gasteiger partial charge on any atom is -0.365 e. The molecule has 1 N–H and O–H groups in total. The lowest BCUT2D eigenvalue weighted by Crippen LogP contribution is -2.32. The molecule has 19 heavy (non-hydrogen) atoms. The average molecular weight is 261 g/mol. The number of nitrogens with one attached hydrogen (secondary N) is 1. The van der Waals surface area contributed by atoms with Crippen molar-refractivity contribution in [2.45, 2.75) is 46.7 Å². The number of anilines is 1. The molecule has 0 spiro atoms. The van der Waals surface area contributed by atoms with Gasteiger partial charge in [-0.05, 0) is 39.8 Å². The monoisotopic (exact) mass is 261 g/mol. The highest BCUT2D eigenvalue weighted by Gasteiger charge is 2.13.